The number of ether oxygens (including phenoxy) is 1. The van der Waals surface area contributed by atoms with Crippen LogP contribution in [-0.2, 0) is 9.63 Å². The quantitative estimate of drug-likeness (QED) is 0.380. The first-order valence-corrected chi connectivity index (χ1v) is 12.8. The molecule has 1 unspecified atom stereocenters. The number of piperidine rings is 1. The molecule has 1 aliphatic rings. The van der Waals surface area contributed by atoms with Crippen molar-refractivity contribution in [3.8, 4) is 5.75 Å². The van der Waals surface area contributed by atoms with Gasteiger partial charge in [-0.2, -0.15) is 0 Å². The van der Waals surface area contributed by atoms with Gasteiger partial charge in [-0.15, -0.1) is 0 Å². The maximum Gasteiger partial charge on any atom is 0.277 e. The number of halogens is 2. The number of benzene rings is 1. The first kappa shape index (κ1) is 28.7. The van der Waals surface area contributed by atoms with Crippen molar-refractivity contribution in [1.29, 1.82) is 0 Å². The summed E-state index contributed by atoms with van der Waals surface area (Å²) in [6, 6.07) is 9.65. The van der Waals surface area contributed by atoms with Gasteiger partial charge in [0.05, 0.1) is 21.9 Å². The van der Waals surface area contributed by atoms with E-state index in [1.807, 2.05) is 26.7 Å². The Morgan fingerprint density at radius 2 is 1.93 bits per heavy atom. The van der Waals surface area contributed by atoms with Crippen LogP contribution in [0.2, 0.25) is 5.02 Å². The minimum Gasteiger partial charge on any atom is -0.489 e. The molecule has 0 spiro atoms. The highest BCUT2D eigenvalue weighted by molar-refractivity contribution is 6.30. The van der Waals surface area contributed by atoms with Crippen LogP contribution in [0.25, 0.3) is 0 Å². The molecule has 0 aliphatic carbocycles. The number of hydroxylamine groups is 2. The van der Waals surface area contributed by atoms with E-state index in [9.17, 15) is 18.8 Å². The van der Waals surface area contributed by atoms with Crippen LogP contribution in [0.5, 0.6) is 5.75 Å². The fraction of sp³-hybridized carbons (Fsp3) is 0.286. The average Bonchev–Trinajstić information content (AvgIpc) is 2.90. The number of hydrogen-bond donors (Lipinski definition) is 2. The molecule has 0 radical (unpaired) electrons. The molecule has 1 fully saturated rings. The molecule has 12 heteroatoms. The van der Waals surface area contributed by atoms with Crippen molar-refractivity contribution in [2.24, 2.45) is 0 Å². The number of nitrogens with one attached hydrogen (secondary N) is 2. The Hall–Kier alpha value is -4.31. The third-order valence-electron chi connectivity index (χ3n) is 5.60. The molecule has 3 aromatic rings. The van der Waals surface area contributed by atoms with Gasteiger partial charge in [0, 0.05) is 37.8 Å². The minimum atomic E-state index is -0.652. The fourth-order valence-corrected chi connectivity index (χ4v) is 4.01. The largest absolute Gasteiger partial charge is 0.489 e. The van der Waals surface area contributed by atoms with Crippen LogP contribution in [0.4, 0.5) is 15.9 Å². The fourth-order valence-electron chi connectivity index (χ4n) is 3.90. The zero-order valence-corrected chi connectivity index (χ0v) is 22.8. The molecule has 10 nitrogen and oxygen atoms in total. The van der Waals surface area contributed by atoms with E-state index >= 15 is 0 Å². The first-order chi connectivity index (χ1) is 19.0. The predicted octanol–water partition coefficient (Wildman–Crippen LogP) is 5.06. The van der Waals surface area contributed by atoms with Gasteiger partial charge < -0.3 is 15.4 Å². The standard InChI is InChI=1S/C28H27ClFN5O5/c1-28(2,3)40-35-12-10-20(14-19(35)16-36)39-23-13-18(30)7-8-21(23)26(37)33-22-5-4-11-31-25(22)27(38)34-24-9-6-17(29)15-32-24/h4-9,11,13,15,20H,10,12,14H2,1-3H3,(H,33,37)(H,32,34,38). The predicted molar refractivity (Wildman–Crippen MR) is 146 cm³/mol. The summed E-state index contributed by atoms with van der Waals surface area (Å²) < 4.78 is 20.2. The summed E-state index contributed by atoms with van der Waals surface area (Å²) in [6.45, 7) is 5.94. The molecule has 0 saturated carbocycles. The Bertz CT molecular complexity index is 1450. The zero-order chi connectivity index (χ0) is 28.9. The van der Waals surface area contributed by atoms with Crippen molar-refractivity contribution in [2.45, 2.75) is 45.3 Å². The summed E-state index contributed by atoms with van der Waals surface area (Å²) in [7, 11) is 0. The van der Waals surface area contributed by atoms with E-state index in [4.69, 9.17) is 21.2 Å². The van der Waals surface area contributed by atoms with E-state index in [2.05, 4.69) is 20.6 Å². The van der Waals surface area contributed by atoms with Crippen molar-refractivity contribution >= 4 is 40.9 Å². The first-order valence-electron chi connectivity index (χ1n) is 12.4. The summed E-state index contributed by atoms with van der Waals surface area (Å²) in [6.07, 6.45) is 2.85. The van der Waals surface area contributed by atoms with Crippen LogP contribution in [0.15, 0.2) is 60.6 Å². The summed E-state index contributed by atoms with van der Waals surface area (Å²) in [5.41, 5.74) is -0.176. The normalized spacial score (nSPS) is 15.3. The van der Waals surface area contributed by atoms with Gasteiger partial charge in [-0.25, -0.2) is 24.2 Å². The molecule has 1 atom stereocenters. The van der Waals surface area contributed by atoms with Crippen LogP contribution in [0.3, 0.4) is 0 Å². The summed E-state index contributed by atoms with van der Waals surface area (Å²) in [5.74, 6) is 0.246. The lowest BCUT2D eigenvalue weighted by atomic mass is 10.1. The van der Waals surface area contributed by atoms with Gasteiger partial charge in [0.15, 0.2) is 5.69 Å². The molecule has 2 aromatic heterocycles. The van der Waals surface area contributed by atoms with Gasteiger partial charge in [0.2, 0.25) is 0 Å². The Kier molecular flexibility index (Phi) is 8.79. The van der Waals surface area contributed by atoms with Crippen molar-refractivity contribution in [3.63, 3.8) is 0 Å². The van der Waals surface area contributed by atoms with Crippen LogP contribution in [0.1, 0.15) is 54.5 Å². The molecular formula is C28H27ClFN5O5. The van der Waals surface area contributed by atoms with E-state index in [0.717, 1.165) is 12.1 Å². The van der Waals surface area contributed by atoms with Crippen molar-refractivity contribution in [3.05, 3.63) is 82.7 Å². The Morgan fingerprint density at radius 3 is 2.62 bits per heavy atom. The van der Waals surface area contributed by atoms with Crippen LogP contribution >= 0.6 is 11.6 Å². The summed E-state index contributed by atoms with van der Waals surface area (Å²) >= 11 is 5.84. The maximum absolute atomic E-state index is 14.2. The van der Waals surface area contributed by atoms with Crippen LogP contribution < -0.4 is 15.4 Å². The van der Waals surface area contributed by atoms with Crippen molar-refractivity contribution in [1.82, 2.24) is 15.0 Å². The number of hydrogen-bond acceptors (Lipinski definition) is 8. The number of carbonyl (C=O) groups excluding carboxylic acids is 3. The lowest BCUT2D eigenvalue weighted by molar-refractivity contribution is -0.217. The van der Waals surface area contributed by atoms with E-state index in [0.29, 0.717) is 18.0 Å². The highest BCUT2D eigenvalue weighted by Crippen LogP contribution is 2.29. The molecule has 3 heterocycles. The SMILES string of the molecule is CC(C)(C)ON1CCC(Oc2cc(F)ccc2C(=O)Nc2cccnc2C(=O)Nc2ccc(Cl)cn2)CC1=C=O. The van der Waals surface area contributed by atoms with E-state index < -0.39 is 29.3 Å². The number of anilines is 2. The second kappa shape index (κ2) is 12.3. The third-order valence-corrected chi connectivity index (χ3v) is 5.82. The van der Waals surface area contributed by atoms with Crippen molar-refractivity contribution in [2.75, 3.05) is 17.2 Å². The molecule has 0 bridgehead atoms. The van der Waals surface area contributed by atoms with Crippen molar-refractivity contribution < 1.29 is 28.3 Å². The molecule has 2 amide bonds. The van der Waals surface area contributed by atoms with Gasteiger partial charge in [-0.1, -0.05) is 11.6 Å². The highest BCUT2D eigenvalue weighted by atomic mass is 35.5. The third kappa shape index (κ3) is 7.41. The van der Waals surface area contributed by atoms with E-state index in [1.165, 1.54) is 35.7 Å². The molecule has 208 valence electrons. The lowest BCUT2D eigenvalue weighted by Crippen LogP contribution is -2.41. The molecule has 1 aromatic carbocycles. The van der Waals surface area contributed by atoms with E-state index in [-0.39, 0.29) is 40.6 Å². The maximum atomic E-state index is 14.2. The number of rotatable bonds is 7. The van der Waals surface area contributed by atoms with Gasteiger partial charge >= 0.3 is 0 Å². The second-order valence-electron chi connectivity index (χ2n) is 9.90. The lowest BCUT2D eigenvalue weighted by Gasteiger charge is -2.37. The molecule has 1 aliphatic heterocycles. The molecule has 4 rings (SSSR count). The number of carbonyl (C=O) groups is 2. The smallest absolute Gasteiger partial charge is 0.277 e. The van der Waals surface area contributed by atoms with Gasteiger partial charge in [-0.3, -0.25) is 14.4 Å². The summed E-state index contributed by atoms with van der Waals surface area (Å²) in [4.78, 5) is 51.7. The second-order valence-corrected chi connectivity index (χ2v) is 10.3. The minimum absolute atomic E-state index is 0.0156. The molecule has 2 N–H and O–H groups in total. The summed E-state index contributed by atoms with van der Waals surface area (Å²) in [5, 5.41) is 7.14. The molecule has 40 heavy (non-hydrogen) atoms. The monoisotopic (exact) mass is 567 g/mol. The van der Waals surface area contributed by atoms with Gasteiger partial charge in [0.1, 0.15) is 35.1 Å². The molecular weight excluding hydrogens is 541 g/mol. The molecule has 1 saturated heterocycles. The Labute approximate surface area is 235 Å². The Morgan fingerprint density at radius 1 is 1.12 bits per heavy atom. The highest BCUT2D eigenvalue weighted by Gasteiger charge is 2.30. The number of aromatic nitrogens is 2. The van der Waals surface area contributed by atoms with Crippen LogP contribution in [-0.4, -0.2) is 51.0 Å². The number of nitrogens with zero attached hydrogens (tertiary/aromatic N) is 3. The van der Waals surface area contributed by atoms with Crippen LogP contribution in [0, 0.1) is 5.82 Å². The number of amides is 2. The van der Waals surface area contributed by atoms with Gasteiger partial charge in [-0.05, 0) is 57.2 Å². The Balaban J connectivity index is 1.50. The average molecular weight is 568 g/mol. The topological polar surface area (TPSA) is 123 Å². The van der Waals surface area contributed by atoms with Gasteiger partial charge in [0.25, 0.3) is 11.8 Å². The van der Waals surface area contributed by atoms with E-state index in [1.54, 1.807) is 12.1 Å². The zero-order valence-electron chi connectivity index (χ0n) is 22.0. The number of pyridine rings is 2.